The predicted octanol–water partition coefficient (Wildman–Crippen LogP) is 3.09. The van der Waals surface area contributed by atoms with Gasteiger partial charge in [-0.05, 0) is 13.0 Å². The van der Waals surface area contributed by atoms with Crippen molar-refractivity contribution in [3.63, 3.8) is 0 Å². The van der Waals surface area contributed by atoms with Crippen molar-refractivity contribution in [1.82, 2.24) is 14.9 Å². The largest absolute Gasteiger partial charge is 0.346 e. The van der Waals surface area contributed by atoms with Gasteiger partial charge in [0.25, 0.3) is 0 Å². The van der Waals surface area contributed by atoms with Crippen LogP contribution in [0.3, 0.4) is 0 Å². The number of anilines is 1. The Labute approximate surface area is 138 Å². The summed E-state index contributed by atoms with van der Waals surface area (Å²) >= 11 is 9.24. The van der Waals surface area contributed by atoms with Crippen LogP contribution in [0.4, 0.5) is 5.13 Å². The number of nitrogens with zero attached hydrogens (tertiary/aromatic N) is 4. The molecule has 0 spiro atoms. The number of hydrogen-bond donors (Lipinski definition) is 0. The first-order chi connectivity index (χ1) is 10.3. The van der Waals surface area contributed by atoms with E-state index in [-0.39, 0.29) is 0 Å². The summed E-state index contributed by atoms with van der Waals surface area (Å²) in [5.41, 5.74) is 1.01. The molecule has 0 aliphatic carbocycles. The molecule has 0 amide bonds. The van der Waals surface area contributed by atoms with Gasteiger partial charge in [0.05, 0.1) is 16.6 Å². The van der Waals surface area contributed by atoms with Crippen LogP contribution in [0.5, 0.6) is 0 Å². The van der Waals surface area contributed by atoms with Crippen LogP contribution in [0.25, 0.3) is 0 Å². The van der Waals surface area contributed by atoms with Gasteiger partial charge in [0, 0.05) is 49.6 Å². The number of aromatic nitrogens is 2. The highest BCUT2D eigenvalue weighted by Gasteiger charge is 2.18. The molecule has 0 N–H and O–H groups in total. The van der Waals surface area contributed by atoms with Gasteiger partial charge in [0.1, 0.15) is 0 Å². The maximum Gasteiger partial charge on any atom is 0.185 e. The SMILES string of the molecule is ClCc1csc(CCCN2CCN(c3nccs3)CC2)n1. The molecule has 1 aliphatic heterocycles. The Morgan fingerprint density at radius 3 is 2.71 bits per heavy atom. The van der Waals surface area contributed by atoms with Gasteiger partial charge in [-0.15, -0.1) is 34.3 Å². The van der Waals surface area contributed by atoms with E-state index in [0.717, 1.165) is 50.0 Å². The van der Waals surface area contributed by atoms with Crippen LogP contribution in [0.1, 0.15) is 17.1 Å². The van der Waals surface area contributed by atoms with E-state index in [1.165, 1.54) is 11.4 Å². The van der Waals surface area contributed by atoms with Gasteiger partial charge in [-0.1, -0.05) is 0 Å². The monoisotopic (exact) mass is 342 g/mol. The lowest BCUT2D eigenvalue weighted by Gasteiger charge is -2.34. The van der Waals surface area contributed by atoms with Crippen molar-refractivity contribution in [2.24, 2.45) is 0 Å². The molecular weight excluding hydrogens is 324 g/mol. The molecule has 1 saturated heterocycles. The standard InChI is InChI=1S/C14H19ClN4S2/c15-10-12-11-21-13(17-12)2-1-4-18-5-7-19(8-6-18)14-16-3-9-20-14/h3,9,11H,1-2,4-8,10H2. The Morgan fingerprint density at radius 1 is 1.19 bits per heavy atom. The third-order valence-corrected chi connectivity index (χ3v) is 5.73. The van der Waals surface area contributed by atoms with E-state index in [2.05, 4.69) is 25.1 Å². The highest BCUT2D eigenvalue weighted by Crippen LogP contribution is 2.19. The van der Waals surface area contributed by atoms with Gasteiger partial charge >= 0.3 is 0 Å². The lowest BCUT2D eigenvalue weighted by atomic mass is 10.2. The predicted molar refractivity (Wildman–Crippen MR) is 90.8 cm³/mol. The van der Waals surface area contributed by atoms with Gasteiger partial charge in [-0.3, -0.25) is 4.90 Å². The molecule has 2 aromatic rings. The van der Waals surface area contributed by atoms with Gasteiger partial charge in [-0.25, -0.2) is 9.97 Å². The summed E-state index contributed by atoms with van der Waals surface area (Å²) < 4.78 is 0. The van der Waals surface area contributed by atoms with Crippen molar-refractivity contribution >= 4 is 39.4 Å². The van der Waals surface area contributed by atoms with E-state index in [1.54, 1.807) is 22.7 Å². The third kappa shape index (κ3) is 4.16. The first-order valence-electron chi connectivity index (χ1n) is 7.21. The molecule has 0 aromatic carbocycles. The van der Waals surface area contributed by atoms with E-state index in [4.69, 9.17) is 11.6 Å². The number of hydrogen-bond acceptors (Lipinski definition) is 6. The van der Waals surface area contributed by atoms with E-state index >= 15 is 0 Å². The molecule has 1 fully saturated rings. The first-order valence-corrected chi connectivity index (χ1v) is 9.50. The van der Waals surface area contributed by atoms with Crippen LogP contribution in [0.15, 0.2) is 17.0 Å². The fraction of sp³-hybridized carbons (Fsp3) is 0.571. The topological polar surface area (TPSA) is 32.3 Å². The third-order valence-electron chi connectivity index (χ3n) is 3.66. The summed E-state index contributed by atoms with van der Waals surface area (Å²) in [5.74, 6) is 0.523. The maximum atomic E-state index is 5.78. The zero-order valence-electron chi connectivity index (χ0n) is 11.9. The summed E-state index contributed by atoms with van der Waals surface area (Å²) in [7, 11) is 0. The van der Waals surface area contributed by atoms with Crippen LogP contribution in [-0.2, 0) is 12.3 Å². The summed E-state index contributed by atoms with van der Waals surface area (Å²) in [6.07, 6.45) is 4.12. The highest BCUT2D eigenvalue weighted by atomic mass is 35.5. The van der Waals surface area contributed by atoms with Crippen LogP contribution >= 0.6 is 34.3 Å². The highest BCUT2D eigenvalue weighted by molar-refractivity contribution is 7.13. The van der Waals surface area contributed by atoms with Gasteiger partial charge in [0.2, 0.25) is 0 Å². The fourth-order valence-electron chi connectivity index (χ4n) is 2.51. The summed E-state index contributed by atoms with van der Waals surface area (Å²) in [4.78, 5) is 13.8. The second-order valence-corrected chi connectivity index (χ2v) is 7.20. The molecule has 1 aliphatic rings. The average Bonchev–Trinajstić information content (AvgIpc) is 3.19. The quantitative estimate of drug-likeness (QED) is 0.755. The maximum absolute atomic E-state index is 5.78. The Kier molecular flexibility index (Phi) is 5.46. The van der Waals surface area contributed by atoms with Gasteiger partial charge in [-0.2, -0.15) is 0 Å². The first kappa shape index (κ1) is 15.2. The van der Waals surface area contributed by atoms with E-state index in [1.807, 2.05) is 11.6 Å². The normalized spacial score (nSPS) is 16.5. The Bertz CT molecular complexity index is 535. The van der Waals surface area contributed by atoms with Gasteiger partial charge < -0.3 is 4.90 Å². The molecule has 0 bridgehead atoms. The Balaban J connectivity index is 1.37. The molecule has 3 rings (SSSR count). The molecular formula is C14H19ClN4S2. The Morgan fingerprint density at radius 2 is 2.05 bits per heavy atom. The smallest absolute Gasteiger partial charge is 0.185 e. The molecule has 3 heterocycles. The fourth-order valence-corrected chi connectivity index (χ4v) is 4.28. The van der Waals surface area contributed by atoms with E-state index < -0.39 is 0 Å². The molecule has 7 heteroatoms. The molecule has 4 nitrogen and oxygen atoms in total. The molecule has 0 saturated carbocycles. The average molecular weight is 343 g/mol. The second kappa shape index (κ2) is 7.54. The molecule has 2 aromatic heterocycles. The summed E-state index contributed by atoms with van der Waals surface area (Å²) in [5, 5.41) is 6.48. The van der Waals surface area contributed by atoms with Crippen molar-refractivity contribution in [2.75, 3.05) is 37.6 Å². The van der Waals surface area contributed by atoms with E-state index in [9.17, 15) is 0 Å². The van der Waals surface area contributed by atoms with Crippen molar-refractivity contribution in [2.45, 2.75) is 18.7 Å². The number of aryl methyl sites for hydroxylation is 1. The Hall–Kier alpha value is -0.690. The molecule has 0 atom stereocenters. The molecule has 114 valence electrons. The number of piperazine rings is 1. The van der Waals surface area contributed by atoms with Crippen molar-refractivity contribution in [3.8, 4) is 0 Å². The number of halogens is 1. The minimum absolute atomic E-state index is 0.523. The van der Waals surface area contributed by atoms with Crippen LogP contribution < -0.4 is 4.90 Å². The zero-order valence-corrected chi connectivity index (χ0v) is 14.3. The zero-order chi connectivity index (χ0) is 14.5. The molecule has 0 unspecified atom stereocenters. The second-order valence-electron chi connectivity index (χ2n) is 5.11. The summed E-state index contributed by atoms with van der Waals surface area (Å²) in [6, 6.07) is 0. The van der Waals surface area contributed by atoms with Crippen LogP contribution in [-0.4, -0.2) is 47.6 Å². The minimum atomic E-state index is 0.523. The molecule has 21 heavy (non-hydrogen) atoms. The lowest BCUT2D eigenvalue weighted by molar-refractivity contribution is 0.255. The van der Waals surface area contributed by atoms with Crippen LogP contribution in [0.2, 0.25) is 0 Å². The van der Waals surface area contributed by atoms with Gasteiger partial charge in [0.15, 0.2) is 5.13 Å². The van der Waals surface area contributed by atoms with E-state index in [0.29, 0.717) is 5.88 Å². The number of alkyl halides is 1. The minimum Gasteiger partial charge on any atom is -0.346 e. The number of thiazole rings is 2. The van der Waals surface area contributed by atoms with Crippen molar-refractivity contribution in [3.05, 3.63) is 27.7 Å². The summed E-state index contributed by atoms with van der Waals surface area (Å²) in [6.45, 7) is 5.58. The van der Waals surface area contributed by atoms with Crippen LogP contribution in [0, 0.1) is 0 Å². The lowest BCUT2D eigenvalue weighted by Crippen LogP contribution is -2.46. The molecule has 0 radical (unpaired) electrons. The number of rotatable bonds is 6. The van der Waals surface area contributed by atoms with Crippen molar-refractivity contribution < 1.29 is 0 Å². The van der Waals surface area contributed by atoms with Crippen molar-refractivity contribution in [1.29, 1.82) is 0 Å².